The van der Waals surface area contributed by atoms with Crippen molar-refractivity contribution in [1.82, 2.24) is 19.4 Å². The van der Waals surface area contributed by atoms with Gasteiger partial charge in [-0.2, -0.15) is 0 Å². The molecule has 0 aliphatic heterocycles. The first kappa shape index (κ1) is 62.1. The number of benzene rings is 6. The fourth-order valence-electron chi connectivity index (χ4n) is 8.91. The van der Waals surface area contributed by atoms with E-state index in [1.165, 1.54) is 33.3 Å². The van der Waals surface area contributed by atoms with Crippen LogP contribution in [0.2, 0.25) is 0 Å². The predicted molar refractivity (Wildman–Crippen MR) is 317 cm³/mol. The van der Waals surface area contributed by atoms with Crippen LogP contribution >= 0.6 is 0 Å². The van der Waals surface area contributed by atoms with Crippen molar-refractivity contribution in [3.63, 3.8) is 0 Å². The molecule has 2 heterocycles. The minimum absolute atomic E-state index is 0.0166. The molecule has 0 aliphatic rings. The van der Waals surface area contributed by atoms with Crippen molar-refractivity contribution in [1.29, 1.82) is 0 Å². The Morgan fingerprint density at radius 1 is 0.598 bits per heavy atom. The van der Waals surface area contributed by atoms with E-state index in [1.807, 2.05) is 125 Å². The topological polar surface area (TPSA) is 261 Å². The number of ketones is 1. The number of aromatic carboxylic acids is 1. The average Bonchev–Trinajstić information content (AvgIpc) is 3.77. The summed E-state index contributed by atoms with van der Waals surface area (Å²) in [5.74, 6) is 1.79. The van der Waals surface area contributed by atoms with Crippen LogP contribution in [0.25, 0.3) is 21.8 Å². The van der Waals surface area contributed by atoms with E-state index in [9.17, 15) is 39.3 Å². The fraction of sp³-hybridized carbons (Fsp3) is 0.254. The van der Waals surface area contributed by atoms with Crippen molar-refractivity contribution >= 4 is 74.2 Å². The van der Waals surface area contributed by atoms with Crippen LogP contribution in [0.3, 0.4) is 0 Å². The Hall–Kier alpha value is -9.11. The van der Waals surface area contributed by atoms with Gasteiger partial charge in [0.1, 0.15) is 6.61 Å². The maximum Gasteiger partial charge on any atom is 0.338 e. The van der Waals surface area contributed by atoms with Gasteiger partial charge in [0.25, 0.3) is 0 Å². The van der Waals surface area contributed by atoms with Crippen LogP contribution in [0.5, 0.6) is 11.8 Å². The molecule has 0 unspecified atom stereocenters. The summed E-state index contributed by atoms with van der Waals surface area (Å²) in [6, 6.07) is 35.6. The van der Waals surface area contributed by atoms with E-state index in [4.69, 9.17) is 30.1 Å². The molecule has 0 saturated heterocycles. The maximum atomic E-state index is 12.7. The largest absolute Gasteiger partial charge is 0.494 e. The number of fused-ring (bicyclic) bond motifs is 2. The second kappa shape index (κ2) is 28.3. The summed E-state index contributed by atoms with van der Waals surface area (Å²) in [5, 5.41) is 32.9. The van der Waals surface area contributed by atoms with Gasteiger partial charge in [0.15, 0.2) is 11.7 Å². The Bertz CT molecular complexity index is 3690. The van der Waals surface area contributed by atoms with Gasteiger partial charge in [0.2, 0.25) is 11.8 Å². The van der Waals surface area contributed by atoms with Gasteiger partial charge in [0.05, 0.1) is 83.6 Å². The quantitative estimate of drug-likeness (QED) is 0.0176. The standard InChI is InChI=1S/C31H33N3O5.C28H24N2O6.C4H12N2O/c1-19-15-22(11-12-23(19)27(35)18-39-14-13-34(3)4)32-29(21-9-7-6-8-10-21)28-25-16-20(2)24(31(37)38-5)17-26(25)33-30(28)36;1-15-12-19(10-11-20(15)27(33)34)29-25(18-8-6-5-7-9-18)24-22-13-16(2)21(28(35)36-4)14-23(22)30(17(3)31)26(24)32;1-6(2)3-4-7-5/h6-12,15-17,33,36H,13-14,18H2,1-5H3;5-14,32H,1-4H3,(H,33,34);3-5H2,1-2H3. The molecule has 82 heavy (non-hydrogen) atoms. The molecule has 8 aromatic rings. The highest BCUT2D eigenvalue weighted by atomic mass is 16.6. The van der Waals surface area contributed by atoms with Crippen molar-refractivity contribution < 1.29 is 58.3 Å². The number of H-pyrrole nitrogens is 1. The number of carbonyl (C=O) groups is 5. The SMILES string of the molecule is CN(C)CCON.COC(=O)c1cc2[nH]c(O)c(C(=Nc3ccc(C(=O)COCCN(C)C)c(C)c3)c3ccccc3)c2cc1C.COC(=O)c1cc2c(cc1C)c(C(=Nc1ccc(C(=O)O)c(C)c1)c1ccccc1)c(O)n2C(C)=O. The molecule has 0 fully saturated rings. The molecule has 8 rings (SSSR count). The van der Waals surface area contributed by atoms with Gasteiger partial charge >= 0.3 is 17.9 Å². The third-order valence-corrected chi connectivity index (χ3v) is 13.1. The molecule has 0 spiro atoms. The number of methoxy groups -OCH3 is 2. The van der Waals surface area contributed by atoms with Crippen molar-refractivity contribution in [2.45, 2.75) is 34.6 Å². The normalized spacial score (nSPS) is 11.5. The number of esters is 2. The van der Waals surface area contributed by atoms with Crippen LogP contribution < -0.4 is 5.90 Å². The second-order valence-electron chi connectivity index (χ2n) is 19.7. The van der Waals surface area contributed by atoms with E-state index in [2.05, 4.69) is 9.82 Å². The number of likely N-dealkylation sites (N-methyl/N-ethyl adjacent to an activating group) is 2. The molecule has 2 aromatic heterocycles. The first-order valence-corrected chi connectivity index (χ1v) is 26.0. The highest BCUT2D eigenvalue weighted by molar-refractivity contribution is 6.24. The van der Waals surface area contributed by atoms with Crippen LogP contribution in [0.4, 0.5) is 11.4 Å². The molecule has 6 aromatic carbocycles. The van der Waals surface area contributed by atoms with E-state index < -0.39 is 23.8 Å². The smallest absolute Gasteiger partial charge is 0.338 e. The number of nitrogens with two attached hydrogens (primary N) is 1. The molecular formula is C63H69N7O12. The summed E-state index contributed by atoms with van der Waals surface area (Å²) >= 11 is 0. The number of hydrogen-bond donors (Lipinski definition) is 5. The number of hydrogen-bond acceptors (Lipinski definition) is 16. The second-order valence-corrected chi connectivity index (χ2v) is 19.7. The van der Waals surface area contributed by atoms with E-state index in [0.717, 1.165) is 34.2 Å². The Labute approximate surface area is 475 Å². The summed E-state index contributed by atoms with van der Waals surface area (Å²) in [7, 11) is 10.5. The molecule has 0 aliphatic carbocycles. The molecule has 0 radical (unpaired) electrons. The summed E-state index contributed by atoms with van der Waals surface area (Å²) in [5.41, 5.74) is 9.33. The van der Waals surface area contributed by atoms with Gasteiger partial charge < -0.3 is 49.2 Å². The Kier molecular flexibility index (Phi) is 21.5. The number of aliphatic imine (C=N–C) groups is 2. The fourth-order valence-corrected chi connectivity index (χ4v) is 8.91. The summed E-state index contributed by atoms with van der Waals surface area (Å²) in [4.78, 5) is 82.3. The third kappa shape index (κ3) is 15.0. The van der Waals surface area contributed by atoms with Gasteiger partial charge in [-0.15, -0.1) is 0 Å². The molecule has 19 heteroatoms. The minimum atomic E-state index is -1.04. The molecule has 0 amide bonds. The number of carbonyl (C=O) groups excluding carboxylic acids is 4. The maximum absolute atomic E-state index is 12.7. The Morgan fingerprint density at radius 2 is 1.07 bits per heavy atom. The third-order valence-electron chi connectivity index (χ3n) is 13.1. The van der Waals surface area contributed by atoms with Gasteiger partial charge in [-0.1, -0.05) is 60.7 Å². The predicted octanol–water partition coefficient (Wildman–Crippen LogP) is 9.92. The summed E-state index contributed by atoms with van der Waals surface area (Å²) in [6.45, 7) is 11.2. The van der Waals surface area contributed by atoms with E-state index in [0.29, 0.717) is 96.9 Å². The van der Waals surface area contributed by atoms with E-state index in [-0.39, 0.29) is 35.3 Å². The van der Waals surface area contributed by atoms with Gasteiger partial charge in [0, 0.05) is 53.0 Å². The number of nitrogens with zero attached hydrogens (tertiary/aromatic N) is 5. The number of aromatic hydroxyl groups is 2. The first-order valence-electron chi connectivity index (χ1n) is 26.0. The molecule has 428 valence electrons. The molecule has 0 saturated carbocycles. The number of aromatic amines is 1. The summed E-state index contributed by atoms with van der Waals surface area (Å²) < 4.78 is 16.4. The number of nitrogens with one attached hydrogen (secondary N) is 1. The lowest BCUT2D eigenvalue weighted by atomic mass is 9.98. The lowest BCUT2D eigenvalue weighted by Crippen LogP contribution is -2.20. The average molecular weight is 1120 g/mol. The Morgan fingerprint density at radius 3 is 1.54 bits per heavy atom. The van der Waals surface area contributed by atoms with Gasteiger partial charge in [-0.05, 0) is 139 Å². The number of rotatable bonds is 18. The van der Waals surface area contributed by atoms with Crippen molar-refractivity contribution in [3.8, 4) is 11.8 Å². The number of aryl methyl sites for hydroxylation is 4. The minimum Gasteiger partial charge on any atom is -0.494 e. The van der Waals surface area contributed by atoms with E-state index in [1.54, 1.807) is 50.2 Å². The highest BCUT2D eigenvalue weighted by Gasteiger charge is 2.27. The van der Waals surface area contributed by atoms with Gasteiger partial charge in [-0.3, -0.25) is 14.2 Å². The molecule has 0 atom stereocenters. The highest BCUT2D eigenvalue weighted by Crippen LogP contribution is 2.38. The lowest BCUT2D eigenvalue weighted by molar-refractivity contribution is 0.0591. The van der Waals surface area contributed by atoms with Crippen molar-refractivity contribution in [3.05, 3.63) is 188 Å². The van der Waals surface area contributed by atoms with Crippen molar-refractivity contribution in [2.24, 2.45) is 15.9 Å². The van der Waals surface area contributed by atoms with E-state index >= 15 is 0 Å². The number of carboxylic acids is 1. The zero-order valence-electron chi connectivity index (χ0n) is 47.9. The van der Waals surface area contributed by atoms with Gasteiger partial charge in [-0.25, -0.2) is 30.3 Å². The molecule has 0 bridgehead atoms. The zero-order chi connectivity index (χ0) is 59.9. The summed E-state index contributed by atoms with van der Waals surface area (Å²) in [6.07, 6.45) is 0. The number of carboxylic acid groups (broad SMARTS) is 1. The monoisotopic (exact) mass is 1120 g/mol. The van der Waals surface area contributed by atoms with Crippen LogP contribution in [-0.4, -0.2) is 151 Å². The van der Waals surface area contributed by atoms with Crippen molar-refractivity contribution in [2.75, 3.05) is 75.3 Å². The number of aromatic nitrogens is 2. The lowest BCUT2D eigenvalue weighted by Gasteiger charge is -2.11. The van der Waals surface area contributed by atoms with Crippen LogP contribution in [0.15, 0.2) is 131 Å². The first-order chi connectivity index (χ1) is 39.1. The number of Topliss-reactive ketones (excluding diaryl/α,β-unsaturated/α-hetero) is 1. The zero-order valence-corrected chi connectivity index (χ0v) is 47.9. The Balaban J connectivity index is 0.000000237. The molecule has 19 nitrogen and oxygen atoms in total. The number of ether oxygens (including phenoxy) is 3. The molecular weight excluding hydrogens is 1050 g/mol. The van der Waals surface area contributed by atoms with Crippen LogP contribution in [0.1, 0.15) is 97.7 Å². The van der Waals surface area contributed by atoms with Crippen LogP contribution in [-0.2, 0) is 19.0 Å². The molecule has 6 N–H and O–H groups in total. The van der Waals surface area contributed by atoms with Crippen LogP contribution in [0, 0.1) is 27.7 Å².